The van der Waals surface area contributed by atoms with Crippen LogP contribution in [0.15, 0.2) is 12.7 Å². The molecule has 0 spiro atoms. The van der Waals surface area contributed by atoms with Crippen LogP contribution in [0.4, 0.5) is 0 Å². The summed E-state index contributed by atoms with van der Waals surface area (Å²) in [5.74, 6) is -0.387. The molecule has 0 aromatic carbocycles. The average molecular weight is 200 g/mol. The van der Waals surface area contributed by atoms with E-state index in [-0.39, 0.29) is 12.1 Å². The van der Waals surface area contributed by atoms with Crippen LogP contribution in [0, 0.1) is 0 Å². The van der Waals surface area contributed by atoms with Crippen molar-refractivity contribution in [3.05, 3.63) is 12.7 Å². The van der Waals surface area contributed by atoms with Gasteiger partial charge in [0.2, 0.25) is 0 Å². The van der Waals surface area contributed by atoms with E-state index in [0.717, 1.165) is 0 Å². The van der Waals surface area contributed by atoms with E-state index in [1.54, 1.807) is 6.08 Å². The molecular weight excluding hydrogens is 184 g/mol. The van der Waals surface area contributed by atoms with Crippen molar-refractivity contribution in [3.8, 4) is 0 Å². The summed E-state index contributed by atoms with van der Waals surface area (Å²) in [6, 6.07) is 0. The fraction of sp³-hybridized carbons (Fsp3) is 0.700. The van der Waals surface area contributed by atoms with Crippen LogP contribution in [0.25, 0.3) is 0 Å². The first-order valence-corrected chi connectivity index (χ1v) is 4.60. The van der Waals surface area contributed by atoms with Gasteiger partial charge in [-0.2, -0.15) is 0 Å². The average Bonchev–Trinajstić information content (AvgIpc) is 2.48. The first-order chi connectivity index (χ1) is 6.42. The van der Waals surface area contributed by atoms with Gasteiger partial charge in [-0.25, -0.2) is 14.6 Å². The Labute approximate surface area is 83.8 Å². The standard InChI is InChI=1S/C10H16O4/c1-5-7-6-8(14-13-7)9(11)12-10(2,3)4/h5,7-8H,1,6H2,2-4H3/t7-,8+/m1/s1. The molecule has 4 nitrogen and oxygen atoms in total. The lowest BCUT2D eigenvalue weighted by Gasteiger charge is -2.20. The van der Waals surface area contributed by atoms with Crippen molar-refractivity contribution in [1.29, 1.82) is 0 Å². The van der Waals surface area contributed by atoms with E-state index >= 15 is 0 Å². The zero-order valence-electron chi connectivity index (χ0n) is 8.78. The summed E-state index contributed by atoms with van der Waals surface area (Å²) in [6.07, 6.45) is 1.23. The lowest BCUT2D eigenvalue weighted by Crippen LogP contribution is -2.31. The van der Waals surface area contributed by atoms with Crippen molar-refractivity contribution < 1.29 is 19.3 Å². The highest BCUT2D eigenvalue weighted by atomic mass is 17.2. The van der Waals surface area contributed by atoms with Crippen LogP contribution in [0.2, 0.25) is 0 Å². The molecule has 0 radical (unpaired) electrons. The summed E-state index contributed by atoms with van der Waals surface area (Å²) in [4.78, 5) is 21.1. The number of carbonyl (C=O) groups is 1. The minimum atomic E-state index is -0.628. The highest BCUT2D eigenvalue weighted by Crippen LogP contribution is 2.20. The molecular formula is C10H16O4. The van der Waals surface area contributed by atoms with Gasteiger partial charge < -0.3 is 4.74 Å². The van der Waals surface area contributed by atoms with Crippen molar-refractivity contribution in [3.63, 3.8) is 0 Å². The smallest absolute Gasteiger partial charge is 0.339 e. The number of carbonyl (C=O) groups excluding carboxylic acids is 1. The van der Waals surface area contributed by atoms with Crippen LogP contribution < -0.4 is 0 Å². The zero-order chi connectivity index (χ0) is 10.8. The highest BCUT2D eigenvalue weighted by Gasteiger charge is 2.34. The predicted molar refractivity (Wildman–Crippen MR) is 50.4 cm³/mol. The molecule has 0 aromatic heterocycles. The van der Waals surface area contributed by atoms with Gasteiger partial charge in [-0.05, 0) is 20.8 Å². The van der Waals surface area contributed by atoms with Crippen molar-refractivity contribution in [2.45, 2.75) is 45.0 Å². The second kappa shape index (κ2) is 4.11. The van der Waals surface area contributed by atoms with E-state index < -0.39 is 11.7 Å². The molecule has 1 saturated heterocycles. The molecule has 0 saturated carbocycles. The molecule has 0 N–H and O–H groups in total. The van der Waals surface area contributed by atoms with Gasteiger partial charge in [-0.15, -0.1) is 6.58 Å². The fourth-order valence-corrected chi connectivity index (χ4v) is 1.07. The Hall–Kier alpha value is -0.870. The minimum Gasteiger partial charge on any atom is -0.458 e. The summed E-state index contributed by atoms with van der Waals surface area (Å²) in [7, 11) is 0. The van der Waals surface area contributed by atoms with Crippen LogP contribution in [0.5, 0.6) is 0 Å². The molecule has 14 heavy (non-hydrogen) atoms. The Balaban J connectivity index is 2.43. The molecule has 4 heteroatoms. The molecule has 1 aliphatic rings. The third kappa shape index (κ3) is 3.12. The van der Waals surface area contributed by atoms with E-state index in [1.165, 1.54) is 0 Å². The summed E-state index contributed by atoms with van der Waals surface area (Å²) in [6.45, 7) is 8.99. The Bertz CT molecular complexity index is 229. The van der Waals surface area contributed by atoms with Crippen molar-refractivity contribution in [2.75, 3.05) is 0 Å². The maximum Gasteiger partial charge on any atom is 0.339 e. The normalized spacial score (nSPS) is 27.4. The van der Waals surface area contributed by atoms with E-state index in [0.29, 0.717) is 6.42 Å². The van der Waals surface area contributed by atoms with Gasteiger partial charge >= 0.3 is 5.97 Å². The van der Waals surface area contributed by atoms with Crippen LogP contribution in [-0.4, -0.2) is 23.8 Å². The quantitative estimate of drug-likeness (QED) is 0.386. The third-order valence-electron chi connectivity index (χ3n) is 1.67. The van der Waals surface area contributed by atoms with Crippen molar-refractivity contribution >= 4 is 5.97 Å². The molecule has 80 valence electrons. The molecule has 1 rings (SSSR count). The van der Waals surface area contributed by atoms with Gasteiger partial charge in [0.1, 0.15) is 11.7 Å². The lowest BCUT2D eigenvalue weighted by atomic mass is 10.1. The third-order valence-corrected chi connectivity index (χ3v) is 1.67. The number of esters is 1. The number of ether oxygens (including phenoxy) is 1. The van der Waals surface area contributed by atoms with Crippen LogP contribution in [0.1, 0.15) is 27.2 Å². The van der Waals surface area contributed by atoms with E-state index in [9.17, 15) is 4.79 Å². The first-order valence-electron chi connectivity index (χ1n) is 4.60. The monoisotopic (exact) mass is 200 g/mol. The predicted octanol–water partition coefficient (Wildman–Crippen LogP) is 1.60. The Kier molecular flexibility index (Phi) is 3.29. The SMILES string of the molecule is C=C[C@@H]1C[C@@H](C(=O)OC(C)(C)C)OO1. The highest BCUT2D eigenvalue weighted by molar-refractivity contribution is 5.75. The van der Waals surface area contributed by atoms with Gasteiger partial charge in [-0.1, -0.05) is 6.08 Å². The maximum atomic E-state index is 11.5. The summed E-state index contributed by atoms with van der Waals surface area (Å²) < 4.78 is 5.14. The molecule has 0 bridgehead atoms. The minimum absolute atomic E-state index is 0.215. The largest absolute Gasteiger partial charge is 0.458 e. The Morgan fingerprint density at radius 1 is 1.50 bits per heavy atom. The Morgan fingerprint density at radius 3 is 2.57 bits per heavy atom. The molecule has 2 atom stereocenters. The first kappa shape index (κ1) is 11.2. The number of hydrogen-bond donors (Lipinski definition) is 0. The molecule has 0 amide bonds. The Morgan fingerprint density at radius 2 is 2.14 bits per heavy atom. The summed E-state index contributed by atoms with van der Waals surface area (Å²) in [5, 5.41) is 0. The molecule has 0 aromatic rings. The van der Waals surface area contributed by atoms with Crippen LogP contribution in [-0.2, 0) is 19.3 Å². The van der Waals surface area contributed by atoms with Crippen molar-refractivity contribution in [2.24, 2.45) is 0 Å². The van der Waals surface area contributed by atoms with Gasteiger partial charge in [0, 0.05) is 6.42 Å². The van der Waals surface area contributed by atoms with Gasteiger partial charge in [0.25, 0.3) is 0 Å². The zero-order valence-corrected chi connectivity index (χ0v) is 8.78. The van der Waals surface area contributed by atoms with Crippen LogP contribution in [0.3, 0.4) is 0 Å². The van der Waals surface area contributed by atoms with Crippen LogP contribution >= 0.6 is 0 Å². The maximum absolute atomic E-state index is 11.5. The number of rotatable bonds is 2. The molecule has 1 aliphatic heterocycles. The molecule has 0 aliphatic carbocycles. The van der Waals surface area contributed by atoms with E-state index in [1.807, 2.05) is 20.8 Å². The van der Waals surface area contributed by atoms with Crippen molar-refractivity contribution in [1.82, 2.24) is 0 Å². The van der Waals surface area contributed by atoms with Gasteiger partial charge in [0.15, 0.2) is 6.10 Å². The second-order valence-corrected chi connectivity index (χ2v) is 4.22. The second-order valence-electron chi connectivity index (χ2n) is 4.22. The van der Waals surface area contributed by atoms with E-state index in [4.69, 9.17) is 14.5 Å². The molecule has 1 heterocycles. The molecule has 1 fully saturated rings. The fourth-order valence-electron chi connectivity index (χ4n) is 1.07. The summed E-state index contributed by atoms with van der Waals surface area (Å²) in [5.41, 5.74) is -0.493. The number of hydrogen-bond acceptors (Lipinski definition) is 4. The van der Waals surface area contributed by atoms with Gasteiger partial charge in [0.05, 0.1) is 0 Å². The van der Waals surface area contributed by atoms with E-state index in [2.05, 4.69) is 6.58 Å². The topological polar surface area (TPSA) is 44.8 Å². The lowest BCUT2D eigenvalue weighted by molar-refractivity contribution is -0.288. The molecule has 0 unspecified atom stereocenters. The summed E-state index contributed by atoms with van der Waals surface area (Å²) >= 11 is 0. The van der Waals surface area contributed by atoms with Gasteiger partial charge in [-0.3, -0.25) is 0 Å².